The summed E-state index contributed by atoms with van der Waals surface area (Å²) >= 11 is 0. The molecule has 5 nitrogen and oxygen atoms in total. The molecule has 0 fully saturated rings. The predicted octanol–water partition coefficient (Wildman–Crippen LogP) is 3.00. The molecule has 1 aromatic rings. The van der Waals surface area contributed by atoms with Crippen LogP contribution in [-0.4, -0.2) is 27.2 Å². The van der Waals surface area contributed by atoms with Gasteiger partial charge in [-0.15, -0.1) is 0 Å². The second kappa shape index (κ2) is 6.99. The van der Waals surface area contributed by atoms with Crippen LogP contribution in [0.4, 0.5) is 13.2 Å². The average Bonchev–Trinajstić information content (AvgIpc) is 2.36. The average molecular weight is 340 g/mol. The molecule has 0 aromatic heterocycles. The van der Waals surface area contributed by atoms with Gasteiger partial charge in [-0.2, -0.15) is 21.6 Å². The lowest BCUT2D eigenvalue weighted by molar-refractivity contribution is -0.138. The number of carbonyl (C=O) groups excluding carboxylic acids is 1. The van der Waals surface area contributed by atoms with E-state index in [1.807, 2.05) is 6.92 Å². The van der Waals surface area contributed by atoms with Crippen molar-refractivity contribution in [1.29, 1.82) is 0 Å². The van der Waals surface area contributed by atoms with Crippen LogP contribution >= 0.6 is 0 Å². The van der Waals surface area contributed by atoms with E-state index in [1.165, 1.54) is 0 Å². The summed E-state index contributed by atoms with van der Waals surface area (Å²) in [6.45, 7) is 1.96. The first-order chi connectivity index (χ1) is 10.0. The molecule has 0 spiro atoms. The van der Waals surface area contributed by atoms with Crippen LogP contribution in [0.3, 0.4) is 0 Å². The number of carbonyl (C=O) groups is 1. The van der Waals surface area contributed by atoms with Gasteiger partial charge in [0.2, 0.25) is 0 Å². The number of alkyl halides is 3. The third kappa shape index (κ3) is 5.55. The molecule has 0 unspecified atom stereocenters. The lowest BCUT2D eigenvalue weighted by atomic mass is 10.1. The molecule has 0 saturated heterocycles. The van der Waals surface area contributed by atoms with Crippen molar-refractivity contribution < 1.29 is 35.3 Å². The first-order valence-electron chi connectivity index (χ1n) is 6.32. The lowest BCUT2D eigenvalue weighted by Gasteiger charge is -2.13. The molecule has 0 N–H and O–H groups in total. The van der Waals surface area contributed by atoms with Crippen LogP contribution < -0.4 is 4.18 Å². The molecule has 0 aliphatic heterocycles. The quantitative estimate of drug-likeness (QED) is 0.452. The van der Waals surface area contributed by atoms with E-state index in [2.05, 4.69) is 4.18 Å². The largest absolute Gasteiger partial charge is 0.462 e. The minimum absolute atomic E-state index is 0.0955. The Labute approximate surface area is 126 Å². The van der Waals surface area contributed by atoms with E-state index in [1.54, 1.807) is 0 Å². The number of hydrogen-bond donors (Lipinski definition) is 0. The van der Waals surface area contributed by atoms with Gasteiger partial charge in [0.1, 0.15) is 5.56 Å². The standard InChI is InChI=1S/C13H15F3O5S/c1-3-4-7-20-12(17)9-5-6-11(21-22(2,18)19)10(8-9)13(14,15)16/h5-6,8H,3-4,7H2,1-2H3. The van der Waals surface area contributed by atoms with Crippen molar-refractivity contribution in [3.63, 3.8) is 0 Å². The van der Waals surface area contributed by atoms with Crippen molar-refractivity contribution in [1.82, 2.24) is 0 Å². The Balaban J connectivity index is 3.12. The highest BCUT2D eigenvalue weighted by molar-refractivity contribution is 7.86. The maximum atomic E-state index is 12.9. The summed E-state index contributed by atoms with van der Waals surface area (Å²) in [6.07, 6.45) is -2.89. The Hall–Kier alpha value is -1.77. The SMILES string of the molecule is CCCCOC(=O)c1ccc(OS(C)(=O)=O)c(C(F)(F)F)c1. The van der Waals surface area contributed by atoms with Gasteiger partial charge in [-0.05, 0) is 24.6 Å². The number of ether oxygens (including phenoxy) is 1. The summed E-state index contributed by atoms with van der Waals surface area (Å²) in [4.78, 5) is 11.6. The summed E-state index contributed by atoms with van der Waals surface area (Å²) in [5.41, 5.74) is -1.69. The molecule has 0 bridgehead atoms. The Bertz CT molecular complexity index is 638. The maximum Gasteiger partial charge on any atom is 0.420 e. The van der Waals surface area contributed by atoms with Crippen LogP contribution in [-0.2, 0) is 21.0 Å². The van der Waals surface area contributed by atoms with Gasteiger partial charge in [-0.1, -0.05) is 13.3 Å². The van der Waals surface area contributed by atoms with Crippen molar-refractivity contribution in [2.24, 2.45) is 0 Å². The summed E-state index contributed by atoms with van der Waals surface area (Å²) in [5.74, 6) is -1.80. The third-order valence-electron chi connectivity index (χ3n) is 2.49. The van der Waals surface area contributed by atoms with Crippen molar-refractivity contribution in [3.05, 3.63) is 29.3 Å². The number of rotatable bonds is 6. The maximum absolute atomic E-state index is 12.9. The van der Waals surface area contributed by atoms with Crippen molar-refractivity contribution in [2.45, 2.75) is 25.9 Å². The van der Waals surface area contributed by atoms with Crippen LogP contribution in [0.1, 0.15) is 35.7 Å². The van der Waals surface area contributed by atoms with Crippen molar-refractivity contribution in [3.8, 4) is 5.75 Å². The normalized spacial score (nSPS) is 12.0. The fraction of sp³-hybridized carbons (Fsp3) is 0.462. The molecule has 124 valence electrons. The monoisotopic (exact) mass is 340 g/mol. The van der Waals surface area contributed by atoms with E-state index in [0.717, 1.165) is 18.6 Å². The van der Waals surface area contributed by atoms with E-state index < -0.39 is 33.6 Å². The molecule has 1 aromatic carbocycles. The van der Waals surface area contributed by atoms with E-state index in [9.17, 15) is 26.4 Å². The highest BCUT2D eigenvalue weighted by Crippen LogP contribution is 2.37. The van der Waals surface area contributed by atoms with Gasteiger partial charge in [-0.3, -0.25) is 0 Å². The molecular weight excluding hydrogens is 325 g/mol. The van der Waals surface area contributed by atoms with Crippen molar-refractivity contribution >= 4 is 16.1 Å². The van der Waals surface area contributed by atoms with Crippen LogP contribution in [0.15, 0.2) is 18.2 Å². The fourth-order valence-corrected chi connectivity index (χ4v) is 1.98. The zero-order valence-corrected chi connectivity index (χ0v) is 12.8. The Morgan fingerprint density at radius 3 is 2.41 bits per heavy atom. The number of esters is 1. The Morgan fingerprint density at radius 2 is 1.91 bits per heavy atom. The zero-order valence-electron chi connectivity index (χ0n) is 11.9. The number of halogens is 3. The van der Waals surface area contributed by atoms with Crippen LogP contribution in [0.5, 0.6) is 5.75 Å². The topological polar surface area (TPSA) is 69.7 Å². The summed E-state index contributed by atoms with van der Waals surface area (Å²) < 4.78 is 69.9. The molecule has 0 heterocycles. The number of hydrogen-bond acceptors (Lipinski definition) is 5. The summed E-state index contributed by atoms with van der Waals surface area (Å²) in [6, 6.07) is 2.30. The van der Waals surface area contributed by atoms with Gasteiger partial charge in [0.15, 0.2) is 5.75 Å². The van der Waals surface area contributed by atoms with E-state index in [-0.39, 0.29) is 12.2 Å². The molecule has 0 saturated carbocycles. The van der Waals surface area contributed by atoms with E-state index in [0.29, 0.717) is 18.7 Å². The third-order valence-corrected chi connectivity index (χ3v) is 2.98. The molecular formula is C13H15F3O5S. The zero-order chi connectivity index (χ0) is 17.0. The first kappa shape index (κ1) is 18.3. The minimum Gasteiger partial charge on any atom is -0.462 e. The molecule has 0 radical (unpaired) electrons. The molecule has 22 heavy (non-hydrogen) atoms. The minimum atomic E-state index is -4.88. The van der Waals surface area contributed by atoms with Crippen LogP contribution in [0, 0.1) is 0 Å². The first-order valence-corrected chi connectivity index (χ1v) is 8.14. The van der Waals surface area contributed by atoms with Gasteiger partial charge in [-0.25, -0.2) is 4.79 Å². The second-order valence-electron chi connectivity index (χ2n) is 4.49. The smallest absolute Gasteiger partial charge is 0.420 e. The second-order valence-corrected chi connectivity index (χ2v) is 6.06. The number of benzene rings is 1. The highest BCUT2D eigenvalue weighted by Gasteiger charge is 2.36. The Morgan fingerprint density at radius 1 is 1.27 bits per heavy atom. The lowest BCUT2D eigenvalue weighted by Crippen LogP contribution is -2.15. The molecule has 0 amide bonds. The van der Waals surface area contributed by atoms with Gasteiger partial charge in [0.25, 0.3) is 0 Å². The predicted molar refractivity (Wildman–Crippen MR) is 72.1 cm³/mol. The highest BCUT2D eigenvalue weighted by atomic mass is 32.2. The molecule has 9 heteroatoms. The Kier molecular flexibility index (Phi) is 5.81. The number of unbranched alkanes of at least 4 members (excludes halogenated alkanes) is 1. The molecule has 0 aliphatic carbocycles. The fourth-order valence-electron chi connectivity index (χ4n) is 1.51. The molecule has 0 aliphatic rings. The molecule has 0 atom stereocenters. The van der Waals surface area contributed by atoms with Crippen LogP contribution in [0.25, 0.3) is 0 Å². The van der Waals surface area contributed by atoms with Gasteiger partial charge in [0.05, 0.1) is 18.4 Å². The summed E-state index contributed by atoms with van der Waals surface area (Å²) in [5, 5.41) is 0. The molecule has 1 rings (SSSR count). The summed E-state index contributed by atoms with van der Waals surface area (Å²) in [7, 11) is -4.13. The van der Waals surface area contributed by atoms with Gasteiger partial charge < -0.3 is 8.92 Å². The van der Waals surface area contributed by atoms with Gasteiger partial charge >= 0.3 is 22.3 Å². The van der Waals surface area contributed by atoms with E-state index >= 15 is 0 Å². The van der Waals surface area contributed by atoms with E-state index in [4.69, 9.17) is 4.74 Å². The van der Waals surface area contributed by atoms with Crippen LogP contribution in [0.2, 0.25) is 0 Å². The van der Waals surface area contributed by atoms with Gasteiger partial charge in [0, 0.05) is 0 Å². The van der Waals surface area contributed by atoms with Crippen molar-refractivity contribution in [2.75, 3.05) is 12.9 Å².